The summed E-state index contributed by atoms with van der Waals surface area (Å²) in [7, 11) is -2.87. The largest absolute Gasteiger partial charge is 0.322 e. The zero-order chi connectivity index (χ0) is 14.5. The quantitative estimate of drug-likeness (QED) is 0.841. The second kappa shape index (κ2) is 4.70. The van der Waals surface area contributed by atoms with E-state index in [9.17, 15) is 13.2 Å². The van der Waals surface area contributed by atoms with E-state index < -0.39 is 9.84 Å². The number of nitrogens with one attached hydrogen (secondary N) is 1. The van der Waals surface area contributed by atoms with Gasteiger partial charge in [0.2, 0.25) is 5.91 Å². The van der Waals surface area contributed by atoms with Gasteiger partial charge in [0.05, 0.1) is 23.2 Å². The highest BCUT2D eigenvalue weighted by Crippen LogP contribution is 2.44. The molecule has 0 aromatic carbocycles. The van der Waals surface area contributed by atoms with Gasteiger partial charge >= 0.3 is 0 Å². The van der Waals surface area contributed by atoms with Gasteiger partial charge in [0.1, 0.15) is 9.84 Å². The molecule has 2 saturated heterocycles. The molecule has 6 heteroatoms. The number of sulfone groups is 1. The number of carbonyl (C=O) groups excluding carboxylic acids is 1. The van der Waals surface area contributed by atoms with Crippen LogP contribution in [0.15, 0.2) is 0 Å². The summed E-state index contributed by atoms with van der Waals surface area (Å²) in [6, 6.07) is 0.0993. The zero-order valence-corrected chi connectivity index (χ0v) is 13.1. The molecule has 1 spiro atoms. The van der Waals surface area contributed by atoms with Crippen LogP contribution in [0.25, 0.3) is 0 Å². The predicted molar refractivity (Wildman–Crippen MR) is 76.9 cm³/mol. The third-order valence-corrected chi connectivity index (χ3v) is 6.50. The molecule has 1 N–H and O–H groups in total. The van der Waals surface area contributed by atoms with Crippen LogP contribution in [0.2, 0.25) is 0 Å². The highest BCUT2D eigenvalue weighted by molar-refractivity contribution is 7.91. The first-order valence-electron chi connectivity index (χ1n) is 7.64. The van der Waals surface area contributed by atoms with E-state index in [-0.39, 0.29) is 35.2 Å². The molecule has 1 amide bonds. The van der Waals surface area contributed by atoms with E-state index >= 15 is 0 Å². The molecule has 5 nitrogen and oxygen atoms in total. The van der Waals surface area contributed by atoms with Crippen molar-refractivity contribution in [2.75, 3.05) is 11.5 Å². The van der Waals surface area contributed by atoms with Crippen molar-refractivity contribution in [3.63, 3.8) is 0 Å². The molecule has 3 fully saturated rings. The van der Waals surface area contributed by atoms with Crippen molar-refractivity contribution >= 4 is 15.7 Å². The Kier molecular flexibility index (Phi) is 3.36. The van der Waals surface area contributed by atoms with Gasteiger partial charge in [0.15, 0.2) is 0 Å². The predicted octanol–water partition coefficient (Wildman–Crippen LogP) is 0.900. The van der Waals surface area contributed by atoms with Crippen LogP contribution in [0.3, 0.4) is 0 Å². The summed E-state index contributed by atoms with van der Waals surface area (Å²) in [5.74, 6) is 1.18. The van der Waals surface area contributed by atoms with Gasteiger partial charge in [-0.1, -0.05) is 13.8 Å². The molecule has 0 bridgehead atoms. The molecule has 1 atom stereocenters. The van der Waals surface area contributed by atoms with Crippen molar-refractivity contribution < 1.29 is 13.2 Å². The van der Waals surface area contributed by atoms with Crippen molar-refractivity contribution in [3.05, 3.63) is 0 Å². The Bertz CT molecular complexity index is 497. The van der Waals surface area contributed by atoms with Gasteiger partial charge < -0.3 is 4.90 Å². The number of hydrogen-bond acceptors (Lipinski definition) is 4. The van der Waals surface area contributed by atoms with Crippen LogP contribution in [0, 0.1) is 5.92 Å². The van der Waals surface area contributed by atoms with Gasteiger partial charge in [-0.2, -0.15) is 0 Å². The molecule has 3 rings (SSSR count). The normalized spacial score (nSPS) is 32.2. The van der Waals surface area contributed by atoms with Gasteiger partial charge in [0.25, 0.3) is 0 Å². The fraction of sp³-hybridized carbons (Fsp3) is 0.929. The van der Waals surface area contributed by atoms with Gasteiger partial charge in [-0.15, -0.1) is 0 Å². The highest BCUT2D eigenvalue weighted by Gasteiger charge is 2.60. The highest BCUT2D eigenvalue weighted by atomic mass is 32.2. The first-order chi connectivity index (χ1) is 9.33. The lowest BCUT2D eigenvalue weighted by Crippen LogP contribution is -2.48. The van der Waals surface area contributed by atoms with Crippen molar-refractivity contribution in [2.24, 2.45) is 5.92 Å². The van der Waals surface area contributed by atoms with Gasteiger partial charge in [-0.3, -0.25) is 10.1 Å². The molecule has 114 valence electrons. The van der Waals surface area contributed by atoms with Crippen LogP contribution < -0.4 is 5.32 Å². The second-order valence-corrected chi connectivity index (χ2v) is 9.27. The third kappa shape index (κ3) is 2.48. The topological polar surface area (TPSA) is 66.5 Å². The Balaban J connectivity index is 1.76. The Morgan fingerprint density at radius 1 is 1.30 bits per heavy atom. The second-order valence-electron chi connectivity index (χ2n) is 6.97. The van der Waals surface area contributed by atoms with Gasteiger partial charge in [0, 0.05) is 6.04 Å². The Morgan fingerprint density at radius 3 is 2.40 bits per heavy atom. The standard InChI is InChI=1S/C14H24N2O3S/c1-10(2)9-12-15-14(5-6-14)13(17)16(12)11-3-7-20(18,19)8-4-11/h10-12,15H,3-9H2,1-2H3. The van der Waals surface area contributed by atoms with E-state index in [2.05, 4.69) is 19.2 Å². The minimum atomic E-state index is -2.87. The minimum absolute atomic E-state index is 0.0933. The number of carbonyl (C=O) groups is 1. The molecular formula is C14H24N2O3S. The summed E-state index contributed by atoms with van der Waals surface area (Å²) in [5, 5.41) is 3.52. The average molecular weight is 300 g/mol. The Morgan fingerprint density at radius 2 is 1.90 bits per heavy atom. The molecule has 20 heavy (non-hydrogen) atoms. The van der Waals surface area contributed by atoms with Crippen molar-refractivity contribution in [1.29, 1.82) is 0 Å². The summed E-state index contributed by atoms with van der Waals surface area (Å²) in [4.78, 5) is 14.6. The van der Waals surface area contributed by atoms with Crippen molar-refractivity contribution in [2.45, 2.75) is 63.7 Å². The third-order valence-electron chi connectivity index (χ3n) is 4.78. The number of hydrogen-bond donors (Lipinski definition) is 1. The van der Waals surface area contributed by atoms with Crippen LogP contribution in [0.1, 0.15) is 46.0 Å². The molecule has 3 aliphatic rings. The monoisotopic (exact) mass is 300 g/mol. The minimum Gasteiger partial charge on any atom is -0.322 e. The molecule has 1 aliphatic carbocycles. The number of rotatable bonds is 3. The summed E-state index contributed by atoms with van der Waals surface area (Å²) >= 11 is 0. The molecule has 0 aromatic heterocycles. The fourth-order valence-corrected chi connectivity index (χ4v) is 4.98. The van der Waals surface area contributed by atoms with Crippen LogP contribution in [0.4, 0.5) is 0 Å². The van der Waals surface area contributed by atoms with Crippen molar-refractivity contribution in [3.8, 4) is 0 Å². The van der Waals surface area contributed by atoms with E-state index in [1.807, 2.05) is 4.90 Å². The maximum absolute atomic E-state index is 12.7. The first kappa shape index (κ1) is 14.3. The first-order valence-corrected chi connectivity index (χ1v) is 9.46. The Labute approximate surface area is 121 Å². The molecule has 0 aromatic rings. The van der Waals surface area contributed by atoms with E-state index in [0.29, 0.717) is 18.8 Å². The number of nitrogens with zero attached hydrogens (tertiary/aromatic N) is 1. The van der Waals surface area contributed by atoms with Gasteiger partial charge in [-0.25, -0.2) is 8.42 Å². The smallest absolute Gasteiger partial charge is 0.244 e. The fourth-order valence-electron chi connectivity index (χ4n) is 3.52. The summed E-state index contributed by atoms with van der Waals surface area (Å²) in [6.45, 7) is 4.32. The Hall–Kier alpha value is -0.620. The lowest BCUT2D eigenvalue weighted by atomic mass is 10.0. The van der Waals surface area contributed by atoms with E-state index in [0.717, 1.165) is 19.3 Å². The average Bonchev–Trinajstić information content (AvgIpc) is 3.06. The summed E-state index contributed by atoms with van der Waals surface area (Å²) in [5.41, 5.74) is -0.296. The van der Waals surface area contributed by atoms with E-state index in [1.165, 1.54) is 0 Å². The lowest BCUT2D eigenvalue weighted by molar-refractivity contribution is -0.133. The van der Waals surface area contributed by atoms with Crippen LogP contribution >= 0.6 is 0 Å². The van der Waals surface area contributed by atoms with E-state index in [1.54, 1.807) is 0 Å². The number of amides is 1. The van der Waals surface area contributed by atoms with Crippen molar-refractivity contribution in [1.82, 2.24) is 10.2 Å². The molecule has 1 saturated carbocycles. The molecule has 1 unspecified atom stereocenters. The molecule has 2 heterocycles. The van der Waals surface area contributed by atoms with Crippen LogP contribution in [-0.2, 0) is 14.6 Å². The van der Waals surface area contributed by atoms with Gasteiger partial charge in [-0.05, 0) is 38.0 Å². The summed E-state index contributed by atoms with van der Waals surface area (Å²) in [6.07, 6.45) is 4.09. The van der Waals surface area contributed by atoms with E-state index in [4.69, 9.17) is 0 Å². The SMILES string of the molecule is CC(C)CC1NC2(CC2)C(=O)N1C1CCS(=O)(=O)CC1. The lowest BCUT2D eigenvalue weighted by Gasteiger charge is -2.35. The maximum atomic E-state index is 12.7. The summed E-state index contributed by atoms with van der Waals surface area (Å²) < 4.78 is 23.1. The molecular weight excluding hydrogens is 276 g/mol. The van der Waals surface area contributed by atoms with Crippen LogP contribution in [-0.4, -0.2) is 48.5 Å². The van der Waals surface area contributed by atoms with Crippen LogP contribution in [0.5, 0.6) is 0 Å². The maximum Gasteiger partial charge on any atom is 0.244 e. The molecule has 0 radical (unpaired) electrons. The molecule has 2 aliphatic heterocycles. The zero-order valence-electron chi connectivity index (χ0n) is 12.3.